The van der Waals surface area contributed by atoms with Crippen molar-refractivity contribution in [3.05, 3.63) is 72.3 Å². The standard InChI is InChI=1S/C20H20N4O2/c25-20(26)24-9-8-23(13-18-11-21-14-22-18)19-7-6-16(10-17(19)12-24)15-4-2-1-3-5-15/h1-7,10-11,14H,8-9,12-13H2,(H,21,22)(H,25,26). The number of nitrogens with one attached hydrogen (secondary N) is 1. The number of benzene rings is 2. The van der Waals surface area contributed by atoms with Gasteiger partial charge in [-0.1, -0.05) is 36.4 Å². The topological polar surface area (TPSA) is 72.5 Å². The van der Waals surface area contributed by atoms with Crippen molar-refractivity contribution in [2.24, 2.45) is 0 Å². The molecule has 0 fully saturated rings. The smallest absolute Gasteiger partial charge is 0.407 e. The summed E-state index contributed by atoms with van der Waals surface area (Å²) in [7, 11) is 0. The van der Waals surface area contributed by atoms with Crippen LogP contribution in [0.15, 0.2) is 61.1 Å². The number of aromatic amines is 1. The van der Waals surface area contributed by atoms with Crippen LogP contribution < -0.4 is 4.90 Å². The Morgan fingerprint density at radius 1 is 1.12 bits per heavy atom. The number of anilines is 1. The number of fused-ring (bicyclic) bond motifs is 1. The lowest BCUT2D eigenvalue weighted by Gasteiger charge is -2.24. The van der Waals surface area contributed by atoms with Crippen LogP contribution in [0.25, 0.3) is 11.1 Å². The SMILES string of the molecule is O=C(O)N1CCN(Cc2c[nH]cn2)c2ccc(-c3ccccc3)cc2C1. The van der Waals surface area contributed by atoms with Gasteiger partial charge in [0.05, 0.1) is 25.1 Å². The number of carbonyl (C=O) groups is 1. The minimum atomic E-state index is -0.886. The zero-order chi connectivity index (χ0) is 17.9. The van der Waals surface area contributed by atoms with Crippen molar-refractivity contribution < 1.29 is 9.90 Å². The van der Waals surface area contributed by atoms with Gasteiger partial charge in [0.2, 0.25) is 0 Å². The summed E-state index contributed by atoms with van der Waals surface area (Å²) in [4.78, 5) is 22.5. The van der Waals surface area contributed by atoms with Gasteiger partial charge in [-0.25, -0.2) is 9.78 Å². The van der Waals surface area contributed by atoms with Gasteiger partial charge in [-0.15, -0.1) is 0 Å². The van der Waals surface area contributed by atoms with Gasteiger partial charge in [-0.3, -0.25) is 0 Å². The molecule has 0 unspecified atom stereocenters. The Morgan fingerprint density at radius 3 is 2.69 bits per heavy atom. The van der Waals surface area contributed by atoms with Crippen LogP contribution in [0.1, 0.15) is 11.3 Å². The molecule has 6 nitrogen and oxygen atoms in total. The highest BCUT2D eigenvalue weighted by Gasteiger charge is 2.23. The third-order valence-corrected chi connectivity index (χ3v) is 4.71. The van der Waals surface area contributed by atoms with Gasteiger partial charge in [0.25, 0.3) is 0 Å². The lowest BCUT2D eigenvalue weighted by molar-refractivity contribution is 0.144. The number of carboxylic acid groups (broad SMARTS) is 1. The number of hydrogen-bond donors (Lipinski definition) is 2. The number of hydrogen-bond acceptors (Lipinski definition) is 3. The molecule has 2 aromatic carbocycles. The Balaban J connectivity index is 1.72. The van der Waals surface area contributed by atoms with Crippen molar-refractivity contribution in [2.45, 2.75) is 13.1 Å². The molecule has 1 amide bonds. The maximum absolute atomic E-state index is 11.6. The maximum Gasteiger partial charge on any atom is 0.407 e. The molecule has 132 valence electrons. The van der Waals surface area contributed by atoms with Crippen molar-refractivity contribution in [3.63, 3.8) is 0 Å². The highest BCUT2D eigenvalue weighted by molar-refractivity contribution is 5.71. The Bertz CT molecular complexity index is 893. The summed E-state index contributed by atoms with van der Waals surface area (Å²) in [5.41, 5.74) is 5.24. The summed E-state index contributed by atoms with van der Waals surface area (Å²) in [6.45, 7) is 2.14. The molecule has 2 N–H and O–H groups in total. The molecule has 6 heteroatoms. The van der Waals surface area contributed by atoms with Crippen LogP contribution in [0.2, 0.25) is 0 Å². The molecule has 4 rings (SSSR count). The minimum absolute atomic E-state index is 0.391. The van der Waals surface area contributed by atoms with Crippen molar-refractivity contribution in [3.8, 4) is 11.1 Å². The molecule has 1 aliphatic heterocycles. The lowest BCUT2D eigenvalue weighted by atomic mass is 10.0. The molecule has 3 aromatic rings. The van der Waals surface area contributed by atoms with Crippen LogP contribution >= 0.6 is 0 Å². The van der Waals surface area contributed by atoms with Crippen LogP contribution in [-0.4, -0.2) is 39.2 Å². The summed E-state index contributed by atoms with van der Waals surface area (Å²) in [5, 5.41) is 9.51. The van der Waals surface area contributed by atoms with Crippen LogP contribution in [0.3, 0.4) is 0 Å². The Morgan fingerprint density at radius 2 is 1.96 bits per heavy atom. The molecule has 0 aliphatic carbocycles. The van der Waals surface area contributed by atoms with Crippen LogP contribution in [0.4, 0.5) is 10.5 Å². The van der Waals surface area contributed by atoms with Gasteiger partial charge in [-0.2, -0.15) is 0 Å². The van der Waals surface area contributed by atoms with E-state index in [4.69, 9.17) is 0 Å². The fourth-order valence-electron chi connectivity index (χ4n) is 3.38. The Labute approximate surface area is 151 Å². The zero-order valence-corrected chi connectivity index (χ0v) is 14.3. The lowest BCUT2D eigenvalue weighted by Crippen LogP contribution is -2.34. The van der Waals surface area contributed by atoms with Crippen molar-refractivity contribution in [1.82, 2.24) is 14.9 Å². The first-order valence-electron chi connectivity index (χ1n) is 8.59. The highest BCUT2D eigenvalue weighted by atomic mass is 16.4. The number of nitrogens with zero attached hydrogens (tertiary/aromatic N) is 3. The quantitative estimate of drug-likeness (QED) is 0.759. The summed E-state index contributed by atoms with van der Waals surface area (Å²) in [5.74, 6) is 0. The third-order valence-electron chi connectivity index (χ3n) is 4.71. The average molecular weight is 348 g/mol. The van der Waals surface area contributed by atoms with E-state index in [2.05, 4.69) is 45.2 Å². The second-order valence-electron chi connectivity index (χ2n) is 6.40. The molecule has 1 aromatic heterocycles. The van der Waals surface area contributed by atoms with Crippen molar-refractivity contribution >= 4 is 11.8 Å². The van der Waals surface area contributed by atoms with Crippen LogP contribution in [0, 0.1) is 0 Å². The van der Waals surface area contributed by atoms with E-state index >= 15 is 0 Å². The monoisotopic (exact) mass is 348 g/mol. The van der Waals surface area contributed by atoms with E-state index in [9.17, 15) is 9.90 Å². The number of aromatic nitrogens is 2. The number of rotatable bonds is 3. The minimum Gasteiger partial charge on any atom is -0.465 e. The predicted octanol–water partition coefficient (Wildman–Crippen LogP) is 3.58. The van der Waals surface area contributed by atoms with E-state index in [0.717, 1.165) is 28.1 Å². The molecule has 1 aliphatic rings. The fourth-order valence-corrected chi connectivity index (χ4v) is 3.38. The largest absolute Gasteiger partial charge is 0.465 e. The van der Waals surface area contributed by atoms with Gasteiger partial charge in [0, 0.05) is 25.0 Å². The van der Waals surface area contributed by atoms with E-state index in [1.165, 1.54) is 4.90 Å². The van der Waals surface area contributed by atoms with E-state index in [1.54, 1.807) is 6.33 Å². The molecule has 0 radical (unpaired) electrons. The molecular formula is C20H20N4O2. The first-order valence-corrected chi connectivity index (χ1v) is 8.59. The Hall–Kier alpha value is -3.28. The molecule has 0 saturated heterocycles. The van der Waals surface area contributed by atoms with Gasteiger partial charge in [-0.05, 0) is 28.8 Å². The summed E-state index contributed by atoms with van der Waals surface area (Å²) in [6, 6.07) is 16.4. The van der Waals surface area contributed by atoms with Gasteiger partial charge >= 0.3 is 6.09 Å². The van der Waals surface area contributed by atoms with Crippen LogP contribution in [-0.2, 0) is 13.1 Å². The molecule has 0 saturated carbocycles. The fraction of sp³-hybridized carbons (Fsp3) is 0.200. The summed E-state index contributed by atoms with van der Waals surface area (Å²) < 4.78 is 0. The van der Waals surface area contributed by atoms with Crippen molar-refractivity contribution in [2.75, 3.05) is 18.0 Å². The molecule has 2 heterocycles. The first kappa shape index (κ1) is 16.2. The predicted molar refractivity (Wildman–Crippen MR) is 100.0 cm³/mol. The van der Waals surface area contributed by atoms with Crippen LogP contribution in [0.5, 0.6) is 0 Å². The average Bonchev–Trinajstić information content (AvgIpc) is 3.10. The third kappa shape index (κ3) is 3.26. The van der Waals surface area contributed by atoms with E-state index in [0.29, 0.717) is 26.2 Å². The summed E-state index contributed by atoms with van der Waals surface area (Å²) >= 11 is 0. The molecule has 0 bridgehead atoms. The van der Waals surface area contributed by atoms with Crippen molar-refractivity contribution in [1.29, 1.82) is 0 Å². The highest BCUT2D eigenvalue weighted by Crippen LogP contribution is 2.31. The number of imidazole rings is 1. The second-order valence-corrected chi connectivity index (χ2v) is 6.40. The Kier molecular flexibility index (Phi) is 4.31. The number of amides is 1. The van der Waals surface area contributed by atoms with Gasteiger partial charge in [0.15, 0.2) is 0 Å². The zero-order valence-electron chi connectivity index (χ0n) is 14.3. The van der Waals surface area contributed by atoms with E-state index < -0.39 is 6.09 Å². The second kappa shape index (κ2) is 6.92. The normalized spacial score (nSPS) is 14.0. The number of H-pyrrole nitrogens is 1. The van der Waals surface area contributed by atoms with Gasteiger partial charge < -0.3 is 19.9 Å². The van der Waals surface area contributed by atoms with E-state index in [1.807, 2.05) is 24.4 Å². The first-order chi connectivity index (χ1) is 12.7. The molecule has 26 heavy (non-hydrogen) atoms. The molecular weight excluding hydrogens is 328 g/mol. The molecule has 0 atom stereocenters. The van der Waals surface area contributed by atoms with Gasteiger partial charge in [0.1, 0.15) is 0 Å². The van der Waals surface area contributed by atoms with E-state index in [-0.39, 0.29) is 0 Å². The molecule has 0 spiro atoms. The maximum atomic E-state index is 11.6. The summed E-state index contributed by atoms with van der Waals surface area (Å²) in [6.07, 6.45) is 2.65.